The van der Waals surface area contributed by atoms with Crippen LogP contribution in [0.1, 0.15) is 67.8 Å². The Morgan fingerprint density at radius 1 is 0.480 bits per heavy atom. The monoisotopic (exact) mass is 322 g/mol. The molecule has 0 heteroatoms. The lowest BCUT2D eigenvalue weighted by Gasteiger charge is -2.17. The molecule has 0 heterocycles. The van der Waals surface area contributed by atoms with Crippen LogP contribution in [0.4, 0.5) is 0 Å². The largest absolute Gasteiger partial charge is 0.0617 e. The fraction of sp³-hybridized carbons (Fsp3) is 0.280. The second-order valence-corrected chi connectivity index (χ2v) is 8.24. The maximum Gasteiger partial charge on any atom is 0.0144 e. The van der Waals surface area contributed by atoms with Gasteiger partial charge in [0.05, 0.1) is 0 Å². The molecule has 3 atom stereocenters. The summed E-state index contributed by atoms with van der Waals surface area (Å²) in [5, 5.41) is 0. The average Bonchev–Trinajstić information content (AvgIpc) is 3.20. The first-order valence-corrected chi connectivity index (χ1v) is 9.46. The zero-order chi connectivity index (χ0) is 16.9. The minimum atomic E-state index is 0.577. The molecular weight excluding hydrogens is 300 g/mol. The van der Waals surface area contributed by atoms with E-state index in [1.165, 1.54) is 16.7 Å². The van der Waals surface area contributed by atoms with Crippen LogP contribution in [0.5, 0.6) is 0 Å². The molecule has 0 fully saturated rings. The van der Waals surface area contributed by atoms with E-state index < -0.39 is 0 Å². The van der Waals surface area contributed by atoms with Crippen LogP contribution >= 0.6 is 0 Å². The van der Waals surface area contributed by atoms with Crippen LogP contribution in [0.3, 0.4) is 0 Å². The highest BCUT2D eigenvalue weighted by molar-refractivity contribution is 5.68. The quantitative estimate of drug-likeness (QED) is 0.479. The van der Waals surface area contributed by atoms with Gasteiger partial charge in [-0.15, -0.1) is 0 Å². The smallest absolute Gasteiger partial charge is 0.0144 e. The topological polar surface area (TPSA) is 0 Å². The van der Waals surface area contributed by atoms with E-state index in [1.807, 2.05) is 0 Å². The third kappa shape index (κ3) is 1.46. The molecule has 3 aliphatic rings. The highest BCUT2D eigenvalue weighted by Gasteiger charge is 2.57. The molecule has 0 nitrogen and oxygen atoms in total. The van der Waals surface area contributed by atoms with Gasteiger partial charge in [0.1, 0.15) is 0 Å². The number of aryl methyl sites for hydroxylation is 3. The van der Waals surface area contributed by atoms with E-state index in [0.717, 1.165) is 0 Å². The van der Waals surface area contributed by atoms with E-state index in [1.54, 1.807) is 33.4 Å². The van der Waals surface area contributed by atoms with Crippen LogP contribution in [0.15, 0.2) is 54.6 Å². The normalized spacial score (nSPS) is 27.0. The molecule has 0 radical (unpaired) electrons. The van der Waals surface area contributed by atoms with Crippen LogP contribution < -0.4 is 0 Å². The van der Waals surface area contributed by atoms with Crippen molar-refractivity contribution in [2.24, 2.45) is 5.92 Å². The molecule has 0 N–H and O–H groups in total. The van der Waals surface area contributed by atoms with Crippen molar-refractivity contribution in [2.45, 2.75) is 38.5 Å². The summed E-state index contributed by atoms with van der Waals surface area (Å²) in [4.78, 5) is 0. The molecule has 0 saturated heterocycles. The molecule has 3 aliphatic carbocycles. The molecule has 0 spiro atoms. The van der Waals surface area contributed by atoms with Crippen molar-refractivity contribution in [1.82, 2.24) is 0 Å². The first-order chi connectivity index (χ1) is 12.2. The van der Waals surface area contributed by atoms with Gasteiger partial charge in [-0.25, -0.2) is 0 Å². The van der Waals surface area contributed by atoms with Gasteiger partial charge in [-0.3, -0.25) is 0 Å². The molecule has 3 aromatic rings. The molecule has 122 valence electrons. The van der Waals surface area contributed by atoms with Gasteiger partial charge in [-0.1, -0.05) is 54.6 Å². The SMILES string of the molecule is Cc1cccc2c1C1c3cccc(C)c3C3c4cccc(C)c4C2C13. The molecule has 3 unspecified atom stereocenters. The third-order valence-corrected chi connectivity index (χ3v) is 7.17. The molecule has 0 amide bonds. The van der Waals surface area contributed by atoms with Gasteiger partial charge in [-0.2, -0.15) is 0 Å². The Hall–Kier alpha value is -2.34. The summed E-state index contributed by atoms with van der Waals surface area (Å²) in [6.07, 6.45) is 0. The fourth-order valence-electron chi connectivity index (χ4n) is 6.44. The van der Waals surface area contributed by atoms with Gasteiger partial charge in [0, 0.05) is 17.8 Å². The molecule has 0 saturated carbocycles. The predicted octanol–water partition coefficient (Wildman–Crippen LogP) is 5.96. The van der Waals surface area contributed by atoms with Gasteiger partial charge in [0.15, 0.2) is 0 Å². The van der Waals surface area contributed by atoms with Gasteiger partial charge in [0.2, 0.25) is 0 Å². The van der Waals surface area contributed by atoms with Crippen molar-refractivity contribution in [3.8, 4) is 0 Å². The summed E-state index contributed by atoms with van der Waals surface area (Å²) in [5.74, 6) is 2.41. The Labute approximate surface area is 149 Å². The van der Waals surface area contributed by atoms with E-state index in [0.29, 0.717) is 23.7 Å². The zero-order valence-corrected chi connectivity index (χ0v) is 15.0. The number of fused-ring (bicyclic) bond motifs is 9. The van der Waals surface area contributed by atoms with E-state index in [-0.39, 0.29) is 0 Å². The van der Waals surface area contributed by atoms with Gasteiger partial charge in [-0.05, 0) is 76.8 Å². The predicted molar refractivity (Wildman–Crippen MR) is 103 cm³/mol. The number of rotatable bonds is 0. The van der Waals surface area contributed by atoms with Crippen LogP contribution in [0, 0.1) is 26.7 Å². The second-order valence-electron chi connectivity index (χ2n) is 8.24. The Morgan fingerprint density at radius 3 is 1.12 bits per heavy atom. The van der Waals surface area contributed by atoms with Crippen LogP contribution in [-0.4, -0.2) is 0 Å². The molecule has 0 aromatic heterocycles. The summed E-state index contributed by atoms with van der Waals surface area (Å²) >= 11 is 0. The summed E-state index contributed by atoms with van der Waals surface area (Å²) in [7, 11) is 0. The lowest BCUT2D eigenvalue weighted by atomic mass is 9.85. The van der Waals surface area contributed by atoms with Gasteiger partial charge >= 0.3 is 0 Å². The number of hydrogen-bond donors (Lipinski definition) is 0. The average molecular weight is 322 g/mol. The second kappa shape index (κ2) is 4.43. The standard InChI is InChI=1S/C25H22/c1-13-7-4-10-16-19(13)22-17-11-5-8-14(2)20(17)24-18-12-6-9-15(3)21(18)23(16)25(22)24/h4-12,22-25H,1-3H3. The first-order valence-electron chi connectivity index (χ1n) is 9.46. The minimum Gasteiger partial charge on any atom is -0.0617 e. The molecule has 6 rings (SSSR count). The van der Waals surface area contributed by atoms with Crippen molar-refractivity contribution in [2.75, 3.05) is 0 Å². The molecule has 0 aliphatic heterocycles. The molecular formula is C25H22. The van der Waals surface area contributed by atoms with E-state index >= 15 is 0 Å². The van der Waals surface area contributed by atoms with E-state index in [2.05, 4.69) is 75.4 Å². The van der Waals surface area contributed by atoms with Crippen LogP contribution in [0.2, 0.25) is 0 Å². The third-order valence-electron chi connectivity index (χ3n) is 7.17. The first kappa shape index (κ1) is 13.9. The number of hydrogen-bond acceptors (Lipinski definition) is 0. The molecule has 3 aromatic carbocycles. The summed E-state index contributed by atoms with van der Waals surface area (Å²) in [6.45, 7) is 6.92. The van der Waals surface area contributed by atoms with Crippen molar-refractivity contribution < 1.29 is 0 Å². The van der Waals surface area contributed by atoms with E-state index in [4.69, 9.17) is 0 Å². The highest BCUT2D eigenvalue weighted by Crippen LogP contribution is 2.69. The van der Waals surface area contributed by atoms with E-state index in [9.17, 15) is 0 Å². The Kier molecular flexibility index (Phi) is 2.46. The summed E-state index contributed by atoms with van der Waals surface area (Å²) in [5.41, 5.74) is 14.1. The van der Waals surface area contributed by atoms with Crippen molar-refractivity contribution in [1.29, 1.82) is 0 Å². The lowest BCUT2D eigenvalue weighted by molar-refractivity contribution is 0.485. The maximum atomic E-state index is 2.40. The van der Waals surface area contributed by atoms with Gasteiger partial charge < -0.3 is 0 Å². The van der Waals surface area contributed by atoms with Crippen molar-refractivity contribution >= 4 is 0 Å². The Morgan fingerprint density at radius 2 is 0.800 bits per heavy atom. The zero-order valence-electron chi connectivity index (χ0n) is 15.0. The highest BCUT2D eigenvalue weighted by atomic mass is 14.6. The maximum absolute atomic E-state index is 2.40. The fourth-order valence-corrected chi connectivity index (χ4v) is 6.44. The van der Waals surface area contributed by atoms with Crippen LogP contribution in [-0.2, 0) is 0 Å². The summed E-state index contributed by atoms with van der Waals surface area (Å²) < 4.78 is 0. The Bertz CT molecular complexity index is 919. The Balaban J connectivity index is 1.79. The van der Waals surface area contributed by atoms with Gasteiger partial charge in [0.25, 0.3) is 0 Å². The minimum absolute atomic E-state index is 0.577. The number of benzene rings is 3. The van der Waals surface area contributed by atoms with Crippen molar-refractivity contribution in [3.63, 3.8) is 0 Å². The molecule has 25 heavy (non-hydrogen) atoms. The summed E-state index contributed by atoms with van der Waals surface area (Å²) in [6, 6.07) is 20.9. The van der Waals surface area contributed by atoms with Crippen LogP contribution in [0.25, 0.3) is 0 Å². The lowest BCUT2D eigenvalue weighted by Crippen LogP contribution is -2.08. The van der Waals surface area contributed by atoms with Crippen molar-refractivity contribution in [3.05, 3.63) is 105 Å². The molecule has 0 bridgehead atoms.